The predicted octanol–water partition coefficient (Wildman–Crippen LogP) is 5.05. The van der Waals surface area contributed by atoms with Gasteiger partial charge >= 0.3 is 0 Å². The molecule has 0 aliphatic heterocycles. The minimum atomic E-state index is -0.158. The van der Waals surface area contributed by atoms with Crippen LogP contribution in [0.5, 0.6) is 11.5 Å². The van der Waals surface area contributed by atoms with E-state index in [1.165, 1.54) is 12.1 Å². The highest BCUT2D eigenvalue weighted by Crippen LogP contribution is 2.33. The fraction of sp³-hybridized carbons (Fsp3) is 0.273. The lowest BCUT2D eigenvalue weighted by atomic mass is 10.1. The lowest BCUT2D eigenvalue weighted by molar-refractivity contribution is 0.404. The molecule has 0 fully saturated rings. The van der Waals surface area contributed by atoms with E-state index in [0.29, 0.717) is 5.92 Å². The largest absolute Gasteiger partial charge is 0.504 e. The van der Waals surface area contributed by atoms with Crippen LogP contribution in [0, 0.1) is 5.92 Å². The molecule has 2 aromatic carbocycles. The van der Waals surface area contributed by atoms with Crippen molar-refractivity contribution in [2.75, 3.05) is 11.9 Å². The van der Waals surface area contributed by atoms with Crippen molar-refractivity contribution in [2.24, 2.45) is 5.92 Å². The van der Waals surface area contributed by atoms with Crippen molar-refractivity contribution in [1.82, 2.24) is 14.4 Å². The van der Waals surface area contributed by atoms with Gasteiger partial charge in [-0.15, -0.1) is 0 Å². The molecule has 4 aromatic rings. The van der Waals surface area contributed by atoms with Gasteiger partial charge in [-0.1, -0.05) is 39.8 Å². The summed E-state index contributed by atoms with van der Waals surface area (Å²) in [6.07, 6.45) is 1.76. The van der Waals surface area contributed by atoms with Crippen LogP contribution in [0.4, 0.5) is 5.82 Å². The van der Waals surface area contributed by atoms with Gasteiger partial charge in [-0.3, -0.25) is 4.40 Å². The van der Waals surface area contributed by atoms with Gasteiger partial charge in [0.1, 0.15) is 0 Å². The second kappa shape index (κ2) is 8.17. The van der Waals surface area contributed by atoms with Crippen molar-refractivity contribution < 1.29 is 10.2 Å². The monoisotopic (exact) mass is 378 g/mol. The zero-order valence-corrected chi connectivity index (χ0v) is 16.6. The van der Waals surface area contributed by atoms with E-state index in [2.05, 4.69) is 24.1 Å². The summed E-state index contributed by atoms with van der Waals surface area (Å²) in [7, 11) is 0. The van der Waals surface area contributed by atoms with Gasteiger partial charge in [0.2, 0.25) is 0 Å². The number of fused-ring (bicyclic) bond motifs is 3. The quantitative estimate of drug-likeness (QED) is 0.433. The van der Waals surface area contributed by atoms with Crippen LogP contribution in [0.1, 0.15) is 27.7 Å². The first kappa shape index (κ1) is 19.5. The molecule has 0 aliphatic rings. The summed E-state index contributed by atoms with van der Waals surface area (Å²) in [6.45, 7) is 9.08. The van der Waals surface area contributed by atoms with E-state index >= 15 is 0 Å². The number of aromatic hydroxyl groups is 2. The van der Waals surface area contributed by atoms with Gasteiger partial charge in [-0.2, -0.15) is 0 Å². The molecule has 0 radical (unpaired) electrons. The van der Waals surface area contributed by atoms with Crippen LogP contribution in [-0.4, -0.2) is 31.1 Å². The number of hydrogen-bond donors (Lipinski definition) is 3. The van der Waals surface area contributed by atoms with Crippen LogP contribution >= 0.6 is 0 Å². The molecule has 0 bridgehead atoms. The van der Waals surface area contributed by atoms with Gasteiger partial charge in [0.05, 0.1) is 22.9 Å². The molecule has 146 valence electrons. The number of hydrogen-bond acceptors (Lipinski definition) is 5. The number of nitrogens with zero attached hydrogens (tertiary/aromatic N) is 3. The second-order valence-electron chi connectivity index (χ2n) is 6.73. The number of nitrogens with one attached hydrogen (secondary N) is 1. The third-order valence-electron chi connectivity index (χ3n) is 4.28. The molecule has 4 rings (SSSR count). The fourth-order valence-electron chi connectivity index (χ4n) is 2.99. The van der Waals surface area contributed by atoms with Gasteiger partial charge in [-0.05, 0) is 36.2 Å². The standard InChI is InChI=1S/C20H20N4O2.C2H6/c1-12(2)10-21-19-20-22-11-16(13-7-8-17(25)18(26)9-13)24(20)15-6-4-3-5-14(15)23-19;1-2/h3-9,11-12,25-26H,10H2,1-2H3,(H,21,23);1-2H3. The van der Waals surface area contributed by atoms with Gasteiger partial charge in [0, 0.05) is 12.1 Å². The number of phenols is 2. The van der Waals surface area contributed by atoms with Crippen LogP contribution in [0.15, 0.2) is 48.7 Å². The van der Waals surface area contributed by atoms with Gasteiger partial charge in [0.25, 0.3) is 0 Å². The van der Waals surface area contributed by atoms with Crippen molar-refractivity contribution in [3.8, 4) is 22.8 Å². The topological polar surface area (TPSA) is 82.7 Å². The summed E-state index contributed by atoms with van der Waals surface area (Å²) >= 11 is 0. The summed E-state index contributed by atoms with van der Waals surface area (Å²) in [5.41, 5.74) is 4.10. The number of anilines is 1. The lowest BCUT2D eigenvalue weighted by Crippen LogP contribution is -2.11. The Morgan fingerprint density at radius 2 is 1.79 bits per heavy atom. The van der Waals surface area contributed by atoms with Crippen LogP contribution in [-0.2, 0) is 0 Å². The number of benzene rings is 2. The van der Waals surface area contributed by atoms with Crippen LogP contribution in [0.25, 0.3) is 27.9 Å². The Labute approximate surface area is 164 Å². The van der Waals surface area contributed by atoms with Gasteiger partial charge in [0.15, 0.2) is 23.0 Å². The minimum absolute atomic E-state index is 0.145. The highest BCUT2D eigenvalue weighted by atomic mass is 16.3. The summed E-state index contributed by atoms with van der Waals surface area (Å²) in [6, 6.07) is 12.6. The summed E-state index contributed by atoms with van der Waals surface area (Å²) in [5.74, 6) is 0.904. The molecule has 6 heteroatoms. The SMILES string of the molecule is CC.CC(C)CNc1nc2ccccc2n2c(-c3ccc(O)c(O)c3)cnc12. The molecule has 0 aliphatic carbocycles. The van der Waals surface area contributed by atoms with E-state index in [1.54, 1.807) is 12.3 Å². The zero-order valence-electron chi connectivity index (χ0n) is 16.6. The Balaban J connectivity index is 0.00000109. The number of aromatic nitrogens is 3. The molecular formula is C22H26N4O2. The molecule has 0 amide bonds. The second-order valence-corrected chi connectivity index (χ2v) is 6.73. The molecule has 0 spiro atoms. The van der Waals surface area contributed by atoms with E-state index in [0.717, 1.165) is 40.3 Å². The summed E-state index contributed by atoms with van der Waals surface area (Å²) in [5, 5.41) is 22.9. The van der Waals surface area contributed by atoms with Gasteiger partial charge < -0.3 is 15.5 Å². The highest BCUT2D eigenvalue weighted by molar-refractivity contribution is 5.86. The third kappa shape index (κ3) is 3.58. The van der Waals surface area contributed by atoms with E-state index in [1.807, 2.05) is 42.5 Å². The molecule has 2 aromatic heterocycles. The number of rotatable bonds is 4. The number of phenolic OH excluding ortho intramolecular Hbond substituents is 2. The third-order valence-corrected chi connectivity index (χ3v) is 4.28. The molecule has 0 saturated heterocycles. The molecule has 0 atom stereocenters. The van der Waals surface area contributed by atoms with Crippen molar-refractivity contribution >= 4 is 22.5 Å². The van der Waals surface area contributed by atoms with Crippen molar-refractivity contribution in [3.63, 3.8) is 0 Å². The molecule has 0 saturated carbocycles. The molecule has 28 heavy (non-hydrogen) atoms. The van der Waals surface area contributed by atoms with E-state index in [9.17, 15) is 10.2 Å². The highest BCUT2D eigenvalue weighted by Gasteiger charge is 2.15. The average molecular weight is 378 g/mol. The normalized spacial score (nSPS) is 10.9. The first-order valence-corrected chi connectivity index (χ1v) is 9.57. The van der Waals surface area contributed by atoms with Crippen molar-refractivity contribution in [2.45, 2.75) is 27.7 Å². The maximum absolute atomic E-state index is 9.88. The fourth-order valence-corrected chi connectivity index (χ4v) is 2.99. The minimum Gasteiger partial charge on any atom is -0.504 e. The smallest absolute Gasteiger partial charge is 0.181 e. The molecule has 0 unspecified atom stereocenters. The zero-order chi connectivity index (χ0) is 20.3. The average Bonchev–Trinajstić information content (AvgIpc) is 3.15. The maximum atomic E-state index is 9.88. The molecule has 2 heterocycles. The molecular weight excluding hydrogens is 352 g/mol. The maximum Gasteiger partial charge on any atom is 0.181 e. The Bertz CT molecular complexity index is 1100. The van der Waals surface area contributed by atoms with E-state index in [-0.39, 0.29) is 11.5 Å². The Kier molecular flexibility index (Phi) is 5.68. The summed E-state index contributed by atoms with van der Waals surface area (Å²) in [4.78, 5) is 9.30. The number of para-hydroxylation sites is 2. The predicted molar refractivity (Wildman–Crippen MR) is 114 cm³/mol. The Hall–Kier alpha value is -3.28. The first-order chi connectivity index (χ1) is 13.5. The van der Waals surface area contributed by atoms with Crippen LogP contribution in [0.2, 0.25) is 0 Å². The van der Waals surface area contributed by atoms with E-state index < -0.39 is 0 Å². The molecule has 3 N–H and O–H groups in total. The van der Waals surface area contributed by atoms with E-state index in [4.69, 9.17) is 4.98 Å². The Morgan fingerprint density at radius 1 is 1.04 bits per heavy atom. The number of imidazole rings is 1. The summed E-state index contributed by atoms with van der Waals surface area (Å²) < 4.78 is 2.02. The van der Waals surface area contributed by atoms with Crippen molar-refractivity contribution in [1.29, 1.82) is 0 Å². The Morgan fingerprint density at radius 3 is 2.50 bits per heavy atom. The van der Waals surface area contributed by atoms with Gasteiger partial charge in [-0.25, -0.2) is 9.97 Å². The molecule has 6 nitrogen and oxygen atoms in total. The lowest BCUT2D eigenvalue weighted by Gasteiger charge is -2.12. The van der Waals surface area contributed by atoms with Crippen molar-refractivity contribution in [3.05, 3.63) is 48.7 Å². The van der Waals surface area contributed by atoms with Crippen LogP contribution < -0.4 is 5.32 Å². The first-order valence-electron chi connectivity index (χ1n) is 9.57. The van der Waals surface area contributed by atoms with Crippen LogP contribution in [0.3, 0.4) is 0 Å².